The Hall–Kier alpha value is -0.890. The maximum absolute atomic E-state index is 8.83. The van der Waals surface area contributed by atoms with E-state index in [1.807, 2.05) is 11.4 Å². The molecule has 104 valence electrons. The predicted molar refractivity (Wildman–Crippen MR) is 80.2 cm³/mol. The summed E-state index contributed by atoms with van der Waals surface area (Å²) in [5, 5.41) is 18.1. The summed E-state index contributed by atoms with van der Waals surface area (Å²) in [5.74, 6) is 0. The second kappa shape index (κ2) is 5.24. The largest absolute Gasteiger partial charge is 0.309 e. The van der Waals surface area contributed by atoms with Crippen LogP contribution in [0.4, 0.5) is 0 Å². The SMILES string of the molecule is CC1(C)CC(NCc2cc(C#N)cs2)CC(C)(C)N1. The standard InChI is InChI=1S/C15H23N3S/c1-14(2)6-12(7-15(3,4)18-14)17-9-13-5-11(8-16)10-19-13/h5,10,12,17-18H,6-7,9H2,1-4H3. The molecule has 3 nitrogen and oxygen atoms in total. The van der Waals surface area contributed by atoms with Crippen LogP contribution < -0.4 is 10.6 Å². The van der Waals surface area contributed by atoms with Gasteiger partial charge in [-0.2, -0.15) is 5.26 Å². The lowest BCUT2D eigenvalue weighted by molar-refractivity contribution is 0.146. The number of rotatable bonds is 3. The van der Waals surface area contributed by atoms with Gasteiger partial charge in [-0.05, 0) is 46.6 Å². The molecule has 0 radical (unpaired) electrons. The smallest absolute Gasteiger partial charge is 0.100 e. The van der Waals surface area contributed by atoms with E-state index in [0.717, 1.165) is 24.9 Å². The molecule has 0 spiro atoms. The minimum absolute atomic E-state index is 0.173. The van der Waals surface area contributed by atoms with Crippen LogP contribution in [-0.2, 0) is 6.54 Å². The molecule has 2 rings (SSSR count). The first kappa shape index (κ1) is 14.5. The van der Waals surface area contributed by atoms with Crippen LogP contribution in [0.1, 0.15) is 51.0 Å². The van der Waals surface area contributed by atoms with Gasteiger partial charge in [0.15, 0.2) is 0 Å². The molecule has 0 bridgehead atoms. The van der Waals surface area contributed by atoms with E-state index in [0.29, 0.717) is 6.04 Å². The fraction of sp³-hybridized carbons (Fsp3) is 0.667. The van der Waals surface area contributed by atoms with Crippen molar-refractivity contribution in [1.82, 2.24) is 10.6 Å². The van der Waals surface area contributed by atoms with Crippen molar-refractivity contribution in [3.8, 4) is 6.07 Å². The van der Waals surface area contributed by atoms with Crippen molar-refractivity contribution in [3.05, 3.63) is 21.9 Å². The highest BCUT2D eigenvalue weighted by molar-refractivity contribution is 7.10. The van der Waals surface area contributed by atoms with Gasteiger partial charge in [0.1, 0.15) is 6.07 Å². The van der Waals surface area contributed by atoms with Crippen LogP contribution in [0.15, 0.2) is 11.4 Å². The first-order valence-electron chi connectivity index (χ1n) is 6.80. The lowest BCUT2D eigenvalue weighted by atomic mass is 9.79. The Morgan fingerprint density at radius 1 is 1.37 bits per heavy atom. The van der Waals surface area contributed by atoms with Gasteiger partial charge in [-0.25, -0.2) is 0 Å². The zero-order valence-corrected chi connectivity index (χ0v) is 13.0. The Labute approximate surface area is 120 Å². The summed E-state index contributed by atoms with van der Waals surface area (Å²) in [5.41, 5.74) is 1.12. The minimum atomic E-state index is 0.173. The summed E-state index contributed by atoms with van der Waals surface area (Å²) in [6.07, 6.45) is 2.26. The summed E-state index contributed by atoms with van der Waals surface area (Å²) in [4.78, 5) is 1.24. The van der Waals surface area contributed by atoms with Crippen molar-refractivity contribution in [3.63, 3.8) is 0 Å². The van der Waals surface area contributed by atoms with Crippen molar-refractivity contribution in [2.75, 3.05) is 0 Å². The van der Waals surface area contributed by atoms with Gasteiger partial charge in [-0.15, -0.1) is 11.3 Å². The molecule has 0 unspecified atom stereocenters. The molecule has 1 aliphatic rings. The van der Waals surface area contributed by atoms with Crippen molar-refractivity contribution in [2.24, 2.45) is 0 Å². The van der Waals surface area contributed by atoms with Gasteiger partial charge in [0.05, 0.1) is 5.56 Å². The van der Waals surface area contributed by atoms with Gasteiger partial charge < -0.3 is 10.6 Å². The molecule has 19 heavy (non-hydrogen) atoms. The molecule has 0 aromatic carbocycles. The fourth-order valence-corrected chi connectivity index (χ4v) is 4.00. The molecule has 1 aromatic heterocycles. The van der Waals surface area contributed by atoms with Crippen LogP contribution >= 0.6 is 11.3 Å². The first-order valence-corrected chi connectivity index (χ1v) is 7.68. The number of nitrogens with zero attached hydrogens (tertiary/aromatic N) is 1. The molecule has 1 saturated heterocycles. The lowest BCUT2D eigenvalue weighted by Gasteiger charge is -2.46. The molecular formula is C15H23N3S. The molecule has 2 N–H and O–H groups in total. The molecule has 4 heteroatoms. The number of nitriles is 1. The molecule has 0 aliphatic carbocycles. The van der Waals surface area contributed by atoms with Gasteiger partial charge in [-0.1, -0.05) is 0 Å². The van der Waals surface area contributed by atoms with E-state index in [9.17, 15) is 0 Å². The van der Waals surface area contributed by atoms with Crippen molar-refractivity contribution in [2.45, 2.75) is 64.2 Å². The Morgan fingerprint density at radius 3 is 2.53 bits per heavy atom. The van der Waals surface area contributed by atoms with Gasteiger partial charge in [-0.3, -0.25) is 0 Å². The summed E-state index contributed by atoms with van der Waals surface area (Å²) < 4.78 is 0. The summed E-state index contributed by atoms with van der Waals surface area (Å²) in [7, 11) is 0. The van der Waals surface area contributed by atoms with Crippen LogP contribution in [0.25, 0.3) is 0 Å². The van der Waals surface area contributed by atoms with E-state index in [-0.39, 0.29) is 11.1 Å². The second-order valence-electron chi connectivity index (χ2n) is 6.79. The minimum Gasteiger partial charge on any atom is -0.309 e. The highest BCUT2D eigenvalue weighted by Gasteiger charge is 2.37. The predicted octanol–water partition coefficient (Wildman–Crippen LogP) is 3.02. The maximum atomic E-state index is 8.83. The van der Waals surface area contributed by atoms with Crippen LogP contribution in [0.3, 0.4) is 0 Å². The summed E-state index contributed by atoms with van der Waals surface area (Å²) in [6, 6.07) is 4.69. The monoisotopic (exact) mass is 277 g/mol. The highest BCUT2D eigenvalue weighted by atomic mass is 32.1. The normalized spacial score (nSPS) is 22.1. The fourth-order valence-electron chi connectivity index (χ4n) is 3.24. The lowest BCUT2D eigenvalue weighted by Crippen LogP contribution is -2.61. The third-order valence-corrected chi connectivity index (χ3v) is 4.47. The number of thiophene rings is 1. The molecule has 0 amide bonds. The van der Waals surface area contributed by atoms with E-state index in [1.165, 1.54) is 4.88 Å². The van der Waals surface area contributed by atoms with E-state index in [2.05, 4.69) is 44.4 Å². The van der Waals surface area contributed by atoms with E-state index >= 15 is 0 Å². The quantitative estimate of drug-likeness (QED) is 0.893. The highest BCUT2D eigenvalue weighted by Crippen LogP contribution is 2.28. The van der Waals surface area contributed by atoms with Crippen molar-refractivity contribution in [1.29, 1.82) is 5.26 Å². The van der Waals surface area contributed by atoms with Crippen LogP contribution in [-0.4, -0.2) is 17.1 Å². The summed E-state index contributed by atoms with van der Waals surface area (Å²) >= 11 is 1.66. The maximum Gasteiger partial charge on any atom is 0.100 e. The third kappa shape index (κ3) is 4.04. The Balaban J connectivity index is 1.94. The first-order chi connectivity index (χ1) is 8.80. The van der Waals surface area contributed by atoms with E-state index < -0.39 is 0 Å². The Kier molecular flexibility index (Phi) is 4.00. The van der Waals surface area contributed by atoms with Gasteiger partial charge >= 0.3 is 0 Å². The molecule has 1 aliphatic heterocycles. The average Bonchev–Trinajstić information content (AvgIpc) is 2.70. The van der Waals surface area contributed by atoms with E-state index in [4.69, 9.17) is 5.26 Å². The van der Waals surface area contributed by atoms with Gasteiger partial charge in [0.25, 0.3) is 0 Å². The molecule has 2 heterocycles. The zero-order chi connectivity index (χ0) is 14.1. The second-order valence-corrected chi connectivity index (χ2v) is 7.79. The number of piperidine rings is 1. The molecule has 1 aromatic rings. The average molecular weight is 277 g/mol. The van der Waals surface area contributed by atoms with Crippen LogP contribution in [0.2, 0.25) is 0 Å². The third-order valence-electron chi connectivity index (χ3n) is 3.54. The van der Waals surface area contributed by atoms with Crippen molar-refractivity contribution < 1.29 is 0 Å². The molecular weight excluding hydrogens is 254 g/mol. The number of nitrogens with one attached hydrogen (secondary N) is 2. The molecule has 0 saturated carbocycles. The van der Waals surface area contributed by atoms with Crippen LogP contribution in [0.5, 0.6) is 0 Å². The summed E-state index contributed by atoms with van der Waals surface area (Å²) in [6.45, 7) is 9.93. The Morgan fingerprint density at radius 2 is 2.00 bits per heavy atom. The number of hydrogen-bond acceptors (Lipinski definition) is 4. The van der Waals surface area contributed by atoms with E-state index in [1.54, 1.807) is 11.3 Å². The van der Waals surface area contributed by atoms with Gasteiger partial charge in [0.2, 0.25) is 0 Å². The molecule has 1 fully saturated rings. The Bertz CT molecular complexity index is 466. The topological polar surface area (TPSA) is 47.9 Å². The van der Waals surface area contributed by atoms with Crippen molar-refractivity contribution >= 4 is 11.3 Å². The van der Waals surface area contributed by atoms with Gasteiger partial charge in [0, 0.05) is 33.9 Å². The van der Waals surface area contributed by atoms with Crippen LogP contribution in [0, 0.1) is 11.3 Å². The number of hydrogen-bond donors (Lipinski definition) is 2. The zero-order valence-electron chi connectivity index (χ0n) is 12.2. The molecule has 0 atom stereocenters.